The second kappa shape index (κ2) is 7.34. The summed E-state index contributed by atoms with van der Waals surface area (Å²) in [5, 5.41) is 9.30. The molecule has 1 N–H and O–H groups in total. The number of rotatable bonds is 3. The number of amides is 2. The number of carbonyl (C=O) groups is 3. The number of carbonyl (C=O) groups excluding carboxylic acids is 2. The molecule has 0 radical (unpaired) electrons. The van der Waals surface area contributed by atoms with Gasteiger partial charge in [0.25, 0.3) is 0 Å². The van der Waals surface area contributed by atoms with Gasteiger partial charge in [-0.05, 0) is 43.9 Å². The summed E-state index contributed by atoms with van der Waals surface area (Å²) in [5.74, 6) is -0.631. The van der Waals surface area contributed by atoms with Gasteiger partial charge >= 0.3 is 5.97 Å². The first-order valence-electron chi connectivity index (χ1n) is 9.66. The third kappa shape index (κ3) is 3.98. The van der Waals surface area contributed by atoms with Crippen molar-refractivity contribution in [2.24, 2.45) is 23.7 Å². The Hall–Kier alpha value is -1.59. The highest BCUT2D eigenvalue weighted by Gasteiger charge is 2.42. The smallest absolute Gasteiger partial charge is 0.308 e. The fourth-order valence-electron chi connectivity index (χ4n) is 4.77. The van der Waals surface area contributed by atoms with Gasteiger partial charge in [0.15, 0.2) is 0 Å². The summed E-state index contributed by atoms with van der Waals surface area (Å²) >= 11 is 0. The Labute approximate surface area is 149 Å². The zero-order valence-corrected chi connectivity index (χ0v) is 15.3. The van der Waals surface area contributed by atoms with E-state index in [-0.39, 0.29) is 42.7 Å². The Morgan fingerprint density at radius 1 is 0.960 bits per heavy atom. The molecule has 6 heteroatoms. The van der Waals surface area contributed by atoms with Gasteiger partial charge < -0.3 is 14.9 Å². The van der Waals surface area contributed by atoms with E-state index in [1.165, 1.54) is 0 Å². The molecule has 0 aromatic rings. The second-order valence-corrected chi connectivity index (χ2v) is 8.48. The summed E-state index contributed by atoms with van der Waals surface area (Å²) in [4.78, 5) is 40.3. The van der Waals surface area contributed by atoms with Gasteiger partial charge in [-0.3, -0.25) is 14.4 Å². The highest BCUT2D eigenvalue weighted by molar-refractivity contribution is 5.89. The number of carboxylic acid groups (broad SMARTS) is 1. The summed E-state index contributed by atoms with van der Waals surface area (Å²) in [6, 6.07) is 0.286. The van der Waals surface area contributed by atoms with Crippen molar-refractivity contribution in [3.63, 3.8) is 0 Å². The molecule has 140 valence electrons. The van der Waals surface area contributed by atoms with Crippen LogP contribution in [0, 0.1) is 23.7 Å². The van der Waals surface area contributed by atoms with Crippen molar-refractivity contribution in [1.29, 1.82) is 0 Å². The molecule has 2 heterocycles. The highest BCUT2D eigenvalue weighted by atomic mass is 16.4. The maximum Gasteiger partial charge on any atom is 0.308 e. The second-order valence-electron chi connectivity index (χ2n) is 8.48. The molecule has 2 amide bonds. The van der Waals surface area contributed by atoms with Gasteiger partial charge in [-0.2, -0.15) is 0 Å². The van der Waals surface area contributed by atoms with Gasteiger partial charge in [0.2, 0.25) is 11.8 Å². The van der Waals surface area contributed by atoms with E-state index in [0.717, 1.165) is 31.6 Å². The standard InChI is InChI=1S/C19H30N2O4/c1-12-3-5-16(6-4-12)21-11-14(8-17(21)22)18(23)20-9-13(2)7-15(10-20)19(24)25/h12-16H,3-11H2,1-2H3,(H,24,25). The van der Waals surface area contributed by atoms with Gasteiger partial charge in [0, 0.05) is 32.1 Å². The van der Waals surface area contributed by atoms with Crippen molar-refractivity contribution in [3.05, 3.63) is 0 Å². The zero-order valence-electron chi connectivity index (χ0n) is 15.3. The first-order valence-corrected chi connectivity index (χ1v) is 9.66. The Morgan fingerprint density at radius 3 is 2.28 bits per heavy atom. The summed E-state index contributed by atoms with van der Waals surface area (Å²) in [6.07, 6.45) is 5.28. The Bertz CT molecular complexity index is 542. The van der Waals surface area contributed by atoms with Crippen molar-refractivity contribution in [1.82, 2.24) is 9.80 Å². The first kappa shape index (κ1) is 18.2. The molecule has 0 bridgehead atoms. The average Bonchev–Trinajstić information content (AvgIpc) is 2.96. The summed E-state index contributed by atoms with van der Waals surface area (Å²) in [5.41, 5.74) is 0. The normalized spacial score (nSPS) is 36.6. The molecule has 0 spiro atoms. The van der Waals surface area contributed by atoms with E-state index < -0.39 is 11.9 Å². The molecule has 2 aliphatic heterocycles. The maximum atomic E-state index is 12.9. The summed E-state index contributed by atoms with van der Waals surface area (Å²) in [6.45, 7) is 5.65. The molecule has 3 fully saturated rings. The fraction of sp³-hybridized carbons (Fsp3) is 0.842. The van der Waals surface area contributed by atoms with E-state index >= 15 is 0 Å². The SMILES string of the molecule is CC1CCC(N2CC(C(=O)N3CC(C)CC(C(=O)O)C3)CC2=O)CC1. The molecule has 6 nitrogen and oxygen atoms in total. The molecule has 1 saturated carbocycles. The van der Waals surface area contributed by atoms with Crippen LogP contribution in [0.5, 0.6) is 0 Å². The van der Waals surface area contributed by atoms with Crippen LogP contribution in [0.2, 0.25) is 0 Å². The number of aliphatic carboxylic acids is 1. The number of carboxylic acids is 1. The third-order valence-corrected chi connectivity index (χ3v) is 6.25. The minimum Gasteiger partial charge on any atom is -0.481 e. The largest absolute Gasteiger partial charge is 0.481 e. The molecule has 3 atom stereocenters. The lowest BCUT2D eigenvalue weighted by Gasteiger charge is -2.36. The average molecular weight is 350 g/mol. The topological polar surface area (TPSA) is 77.9 Å². The van der Waals surface area contributed by atoms with Gasteiger partial charge in [-0.25, -0.2) is 0 Å². The Kier molecular flexibility index (Phi) is 5.35. The number of nitrogens with zero attached hydrogens (tertiary/aromatic N) is 2. The van der Waals surface area contributed by atoms with Crippen molar-refractivity contribution in [3.8, 4) is 0 Å². The number of piperidine rings is 1. The summed E-state index contributed by atoms with van der Waals surface area (Å²) in [7, 11) is 0. The van der Waals surface area contributed by atoms with Crippen LogP contribution in [0.3, 0.4) is 0 Å². The van der Waals surface area contributed by atoms with Crippen molar-refractivity contribution < 1.29 is 19.5 Å². The predicted octanol–water partition coefficient (Wildman–Crippen LogP) is 1.98. The molecule has 3 unspecified atom stereocenters. The van der Waals surface area contributed by atoms with Crippen LogP contribution < -0.4 is 0 Å². The molecule has 0 aromatic heterocycles. The predicted molar refractivity (Wildman–Crippen MR) is 92.7 cm³/mol. The van der Waals surface area contributed by atoms with Crippen molar-refractivity contribution >= 4 is 17.8 Å². The van der Waals surface area contributed by atoms with E-state index in [1.54, 1.807) is 4.90 Å². The van der Waals surface area contributed by atoms with Crippen LogP contribution in [-0.2, 0) is 14.4 Å². The molecule has 2 saturated heterocycles. The van der Waals surface area contributed by atoms with Crippen molar-refractivity contribution in [2.75, 3.05) is 19.6 Å². The minimum atomic E-state index is -0.829. The zero-order chi connectivity index (χ0) is 18.1. The van der Waals surface area contributed by atoms with E-state index in [9.17, 15) is 19.5 Å². The molecule has 1 aliphatic carbocycles. The molecule has 25 heavy (non-hydrogen) atoms. The van der Waals surface area contributed by atoms with Gasteiger partial charge in [-0.15, -0.1) is 0 Å². The van der Waals surface area contributed by atoms with E-state index in [1.807, 2.05) is 11.8 Å². The highest BCUT2D eigenvalue weighted by Crippen LogP contribution is 2.32. The first-order chi connectivity index (χ1) is 11.8. The van der Waals surface area contributed by atoms with E-state index in [2.05, 4.69) is 6.92 Å². The maximum absolute atomic E-state index is 12.9. The van der Waals surface area contributed by atoms with E-state index in [4.69, 9.17) is 0 Å². The van der Waals surface area contributed by atoms with Crippen LogP contribution >= 0.6 is 0 Å². The number of hydrogen-bond acceptors (Lipinski definition) is 3. The van der Waals surface area contributed by atoms with Crippen molar-refractivity contribution in [2.45, 2.75) is 58.4 Å². The lowest BCUT2D eigenvalue weighted by atomic mass is 9.86. The summed E-state index contributed by atoms with van der Waals surface area (Å²) < 4.78 is 0. The van der Waals surface area contributed by atoms with E-state index in [0.29, 0.717) is 19.5 Å². The van der Waals surface area contributed by atoms with Crippen LogP contribution in [-0.4, -0.2) is 58.4 Å². The molecule has 0 aromatic carbocycles. The Morgan fingerprint density at radius 2 is 1.64 bits per heavy atom. The lowest BCUT2D eigenvalue weighted by Crippen LogP contribution is -2.48. The van der Waals surface area contributed by atoms with Crippen LogP contribution in [0.15, 0.2) is 0 Å². The van der Waals surface area contributed by atoms with Crippen LogP contribution in [0.1, 0.15) is 52.4 Å². The fourth-order valence-corrected chi connectivity index (χ4v) is 4.77. The van der Waals surface area contributed by atoms with Gasteiger partial charge in [0.1, 0.15) is 0 Å². The molecular weight excluding hydrogens is 320 g/mol. The lowest BCUT2D eigenvalue weighted by molar-refractivity contribution is -0.148. The molecule has 3 aliphatic rings. The number of hydrogen-bond donors (Lipinski definition) is 1. The monoisotopic (exact) mass is 350 g/mol. The molecular formula is C19H30N2O4. The Balaban J connectivity index is 1.61. The molecule has 3 rings (SSSR count). The van der Waals surface area contributed by atoms with Crippen LogP contribution in [0.4, 0.5) is 0 Å². The number of likely N-dealkylation sites (tertiary alicyclic amines) is 2. The van der Waals surface area contributed by atoms with Gasteiger partial charge in [0.05, 0.1) is 11.8 Å². The van der Waals surface area contributed by atoms with Crippen LogP contribution in [0.25, 0.3) is 0 Å². The third-order valence-electron chi connectivity index (χ3n) is 6.25. The van der Waals surface area contributed by atoms with Gasteiger partial charge in [-0.1, -0.05) is 13.8 Å². The quantitative estimate of drug-likeness (QED) is 0.844. The minimum absolute atomic E-state index is 0.0298.